The van der Waals surface area contributed by atoms with Gasteiger partial charge in [0.05, 0.1) is 10.9 Å². The van der Waals surface area contributed by atoms with Crippen molar-refractivity contribution in [3.8, 4) is 11.4 Å². The zero-order chi connectivity index (χ0) is 24.4. The van der Waals surface area contributed by atoms with Crippen LogP contribution in [0.25, 0.3) is 11.4 Å². The molecule has 1 saturated heterocycles. The van der Waals surface area contributed by atoms with Gasteiger partial charge in [0.1, 0.15) is 5.82 Å². The third-order valence-electron chi connectivity index (χ3n) is 6.96. The summed E-state index contributed by atoms with van der Waals surface area (Å²) >= 11 is 6.54. The predicted octanol–water partition coefficient (Wildman–Crippen LogP) is 5.12. The Labute approximate surface area is 210 Å². The fraction of sp³-hybridized carbons (Fsp3) is 0.407. The number of aromatic nitrogens is 3. The minimum Gasteiger partial charge on any atom is -0.338 e. The van der Waals surface area contributed by atoms with Crippen LogP contribution < -0.4 is 5.32 Å². The smallest absolute Gasteiger partial charge is 0.253 e. The van der Waals surface area contributed by atoms with Gasteiger partial charge in [-0.3, -0.25) is 9.59 Å². The molecule has 1 unspecified atom stereocenters. The zero-order valence-corrected chi connectivity index (χ0v) is 20.7. The molecule has 2 aromatic carbocycles. The lowest BCUT2D eigenvalue weighted by Gasteiger charge is -2.32. The first-order chi connectivity index (χ1) is 17.0. The molecule has 8 heteroatoms. The van der Waals surface area contributed by atoms with Crippen LogP contribution in [0.2, 0.25) is 5.02 Å². The largest absolute Gasteiger partial charge is 0.338 e. The molecule has 1 aromatic heterocycles. The van der Waals surface area contributed by atoms with Gasteiger partial charge in [-0.2, -0.15) is 0 Å². The van der Waals surface area contributed by atoms with Gasteiger partial charge >= 0.3 is 0 Å². The average Bonchev–Trinajstić information content (AvgIpc) is 3.12. The van der Waals surface area contributed by atoms with Crippen LogP contribution in [-0.2, 0) is 17.8 Å². The molecule has 2 amide bonds. The number of aryl methyl sites for hydroxylation is 2. The number of likely N-dealkylation sites (tertiary alicyclic amines) is 1. The monoisotopic (exact) mass is 491 g/mol. The SMILES string of the molecule is Cc1ccc(C(=O)N2CCCC(C(=O)Nc3ccc(Cl)c(-c4nnc5n4CCCCC5)c3)C2)cc1. The van der Waals surface area contributed by atoms with E-state index >= 15 is 0 Å². The highest BCUT2D eigenvalue weighted by Crippen LogP contribution is 2.32. The minimum atomic E-state index is -0.262. The molecule has 0 aliphatic carbocycles. The van der Waals surface area contributed by atoms with E-state index in [-0.39, 0.29) is 17.7 Å². The molecule has 2 aliphatic heterocycles. The van der Waals surface area contributed by atoms with Gasteiger partial charge in [0.2, 0.25) is 5.91 Å². The number of nitrogens with zero attached hydrogens (tertiary/aromatic N) is 4. The van der Waals surface area contributed by atoms with Gasteiger partial charge in [-0.05, 0) is 62.9 Å². The highest BCUT2D eigenvalue weighted by molar-refractivity contribution is 6.33. The van der Waals surface area contributed by atoms with Gasteiger partial charge in [-0.15, -0.1) is 10.2 Å². The molecule has 35 heavy (non-hydrogen) atoms. The minimum absolute atomic E-state index is 0.0243. The Morgan fingerprint density at radius 2 is 1.83 bits per heavy atom. The topological polar surface area (TPSA) is 80.1 Å². The number of nitrogens with one attached hydrogen (secondary N) is 1. The van der Waals surface area contributed by atoms with Gasteiger partial charge in [0.15, 0.2) is 5.82 Å². The molecule has 0 saturated carbocycles. The molecule has 182 valence electrons. The molecule has 7 nitrogen and oxygen atoms in total. The van der Waals surface area contributed by atoms with Crippen LogP contribution in [0.15, 0.2) is 42.5 Å². The summed E-state index contributed by atoms with van der Waals surface area (Å²) in [5, 5.41) is 12.4. The number of hydrogen-bond acceptors (Lipinski definition) is 4. The molecule has 3 aromatic rings. The first-order valence-electron chi connectivity index (χ1n) is 12.4. The van der Waals surface area contributed by atoms with E-state index in [1.807, 2.05) is 43.3 Å². The van der Waals surface area contributed by atoms with Crippen molar-refractivity contribution < 1.29 is 9.59 Å². The second kappa shape index (κ2) is 10.2. The standard InChI is InChI=1S/C27H30ClN5O2/c1-18-8-10-19(11-9-18)27(35)32-14-5-6-20(17-32)26(34)29-21-12-13-23(28)22(16-21)25-31-30-24-7-3-2-4-15-33(24)25/h8-13,16,20H,2-7,14-15,17H2,1H3,(H,29,34). The lowest BCUT2D eigenvalue weighted by Crippen LogP contribution is -2.43. The number of halogens is 1. The van der Waals surface area contributed by atoms with E-state index in [2.05, 4.69) is 20.1 Å². The Hall–Kier alpha value is -3.19. The summed E-state index contributed by atoms with van der Waals surface area (Å²) in [5.41, 5.74) is 3.21. The van der Waals surface area contributed by atoms with E-state index in [4.69, 9.17) is 11.6 Å². The first kappa shape index (κ1) is 23.5. The molecule has 0 bridgehead atoms. The number of fused-ring (bicyclic) bond motifs is 1. The van der Waals surface area contributed by atoms with Crippen LogP contribution in [0.3, 0.4) is 0 Å². The molecule has 0 radical (unpaired) electrons. The van der Waals surface area contributed by atoms with Gasteiger partial charge in [0, 0.05) is 42.9 Å². The zero-order valence-electron chi connectivity index (χ0n) is 20.0. The molecule has 0 spiro atoms. The summed E-state index contributed by atoms with van der Waals surface area (Å²) in [5.74, 6) is 1.37. The first-order valence-corrected chi connectivity index (χ1v) is 12.8. The highest BCUT2D eigenvalue weighted by Gasteiger charge is 2.29. The number of piperidine rings is 1. The molecule has 3 heterocycles. The number of hydrogen-bond donors (Lipinski definition) is 1. The number of carbonyl (C=O) groups is 2. The molecule has 2 aliphatic rings. The predicted molar refractivity (Wildman–Crippen MR) is 136 cm³/mol. The van der Waals surface area contributed by atoms with Gasteiger partial charge in [-0.25, -0.2) is 0 Å². The van der Waals surface area contributed by atoms with Crippen molar-refractivity contribution in [2.24, 2.45) is 5.92 Å². The van der Waals surface area contributed by atoms with Gasteiger partial charge < -0.3 is 14.8 Å². The fourth-order valence-electron chi connectivity index (χ4n) is 4.96. The number of benzene rings is 2. The number of rotatable bonds is 4. The normalized spacial score (nSPS) is 18.0. The highest BCUT2D eigenvalue weighted by atomic mass is 35.5. The maximum atomic E-state index is 13.2. The maximum absolute atomic E-state index is 13.2. The van der Waals surface area contributed by atoms with Crippen LogP contribution >= 0.6 is 11.6 Å². The van der Waals surface area contributed by atoms with Crippen molar-refractivity contribution in [1.29, 1.82) is 0 Å². The summed E-state index contributed by atoms with van der Waals surface area (Å²) in [7, 11) is 0. The van der Waals surface area contributed by atoms with Gasteiger partial charge in [0.25, 0.3) is 5.91 Å². The van der Waals surface area contributed by atoms with Crippen LogP contribution in [0.5, 0.6) is 0 Å². The van der Waals surface area contributed by atoms with Crippen molar-refractivity contribution in [3.63, 3.8) is 0 Å². The number of anilines is 1. The Kier molecular flexibility index (Phi) is 6.86. The van der Waals surface area contributed by atoms with Crippen molar-refractivity contribution in [2.75, 3.05) is 18.4 Å². The third-order valence-corrected chi connectivity index (χ3v) is 7.29. The molecule has 5 rings (SSSR count). The average molecular weight is 492 g/mol. The van der Waals surface area contributed by atoms with Gasteiger partial charge in [-0.1, -0.05) is 35.7 Å². The summed E-state index contributed by atoms with van der Waals surface area (Å²) in [6.45, 7) is 3.95. The molecule has 1 N–H and O–H groups in total. The van der Waals surface area contributed by atoms with Crippen molar-refractivity contribution in [1.82, 2.24) is 19.7 Å². The number of carbonyl (C=O) groups excluding carboxylic acids is 2. The van der Waals surface area contributed by atoms with Crippen LogP contribution in [0.1, 0.15) is 53.8 Å². The second-order valence-corrected chi connectivity index (χ2v) is 9.95. The quantitative estimate of drug-likeness (QED) is 0.549. The van der Waals surface area contributed by atoms with Crippen LogP contribution in [-0.4, -0.2) is 44.6 Å². The Morgan fingerprint density at radius 3 is 2.66 bits per heavy atom. The fourth-order valence-corrected chi connectivity index (χ4v) is 5.16. The maximum Gasteiger partial charge on any atom is 0.253 e. The summed E-state index contributed by atoms with van der Waals surface area (Å²) < 4.78 is 2.15. The number of amides is 2. The third kappa shape index (κ3) is 5.10. The second-order valence-electron chi connectivity index (χ2n) is 9.54. The van der Waals surface area contributed by atoms with E-state index in [0.717, 1.165) is 61.4 Å². The Morgan fingerprint density at radius 1 is 1.00 bits per heavy atom. The van der Waals surface area contributed by atoms with E-state index in [1.54, 1.807) is 11.0 Å². The molecule has 1 atom stereocenters. The molecular weight excluding hydrogens is 462 g/mol. The van der Waals surface area contributed by atoms with E-state index in [9.17, 15) is 9.59 Å². The summed E-state index contributed by atoms with van der Waals surface area (Å²) in [6.07, 6.45) is 5.85. The summed E-state index contributed by atoms with van der Waals surface area (Å²) in [6, 6.07) is 13.0. The van der Waals surface area contributed by atoms with Crippen LogP contribution in [0.4, 0.5) is 5.69 Å². The Balaban J connectivity index is 1.30. The van der Waals surface area contributed by atoms with Crippen molar-refractivity contribution in [2.45, 2.75) is 52.0 Å². The van der Waals surface area contributed by atoms with E-state index in [1.165, 1.54) is 6.42 Å². The van der Waals surface area contributed by atoms with E-state index in [0.29, 0.717) is 29.4 Å². The van der Waals surface area contributed by atoms with E-state index < -0.39 is 0 Å². The van der Waals surface area contributed by atoms with Crippen molar-refractivity contribution >= 4 is 29.1 Å². The molecule has 1 fully saturated rings. The lowest BCUT2D eigenvalue weighted by atomic mass is 9.96. The summed E-state index contributed by atoms with van der Waals surface area (Å²) in [4.78, 5) is 27.9. The van der Waals surface area contributed by atoms with Crippen LogP contribution in [0, 0.1) is 12.8 Å². The Bertz CT molecular complexity index is 1240. The molecular formula is C27H30ClN5O2. The lowest BCUT2D eigenvalue weighted by molar-refractivity contribution is -0.121. The van der Waals surface area contributed by atoms with Crippen molar-refractivity contribution in [3.05, 3.63) is 64.4 Å².